The predicted molar refractivity (Wildman–Crippen MR) is 131 cm³/mol. The molecule has 0 saturated heterocycles. The Morgan fingerprint density at radius 1 is 0.800 bits per heavy atom. The van der Waals surface area contributed by atoms with E-state index in [1.165, 1.54) is 0 Å². The molecular weight excluding hydrogens is 442 g/mol. The number of anilines is 1. The molecule has 3 aromatic carbocycles. The fourth-order valence-electron chi connectivity index (χ4n) is 3.58. The van der Waals surface area contributed by atoms with Gasteiger partial charge in [0.25, 0.3) is 11.8 Å². The smallest absolute Gasteiger partial charge is 0.295 e. The van der Waals surface area contributed by atoms with Crippen LogP contribution in [0.2, 0.25) is 0 Å². The van der Waals surface area contributed by atoms with Crippen molar-refractivity contribution in [2.45, 2.75) is 6.54 Å². The van der Waals surface area contributed by atoms with Gasteiger partial charge in [0.05, 0.1) is 29.7 Å². The average Bonchev–Trinajstić information content (AvgIpc) is 3.59. The molecule has 0 saturated carbocycles. The van der Waals surface area contributed by atoms with Crippen LogP contribution in [0.5, 0.6) is 0 Å². The number of rotatable bonds is 7. The maximum Gasteiger partial charge on any atom is 0.295 e. The zero-order valence-electron chi connectivity index (χ0n) is 18.6. The minimum Gasteiger partial charge on any atom is -0.467 e. The Balaban J connectivity index is 1.42. The molecule has 2 N–H and O–H groups in total. The summed E-state index contributed by atoms with van der Waals surface area (Å²) in [6, 6.07) is 29.3. The first kappa shape index (κ1) is 21.8. The van der Waals surface area contributed by atoms with Gasteiger partial charge in [0.1, 0.15) is 5.76 Å². The molecule has 35 heavy (non-hydrogen) atoms. The highest BCUT2D eigenvalue weighted by atomic mass is 16.3. The number of carbonyl (C=O) groups is 2. The number of aromatic nitrogens is 3. The summed E-state index contributed by atoms with van der Waals surface area (Å²) < 4.78 is 6.89. The standard InChI is InChI=1S/C27H21N5O3/c33-26(28-18-21-14-9-17-35-21)22-15-7-8-16-23(22)29-27(34)24-30-25(19-10-3-1-4-11-19)32(31-24)20-12-5-2-6-13-20/h1-17H,18H2,(H,28,33)(H,29,34). The van der Waals surface area contributed by atoms with Gasteiger partial charge >= 0.3 is 0 Å². The van der Waals surface area contributed by atoms with Crippen molar-refractivity contribution in [3.8, 4) is 17.1 Å². The Kier molecular flexibility index (Phi) is 6.17. The summed E-state index contributed by atoms with van der Waals surface area (Å²) in [6.07, 6.45) is 1.54. The molecule has 5 rings (SSSR count). The number of hydrogen-bond donors (Lipinski definition) is 2. The summed E-state index contributed by atoms with van der Waals surface area (Å²) in [5.41, 5.74) is 2.26. The lowest BCUT2D eigenvalue weighted by atomic mass is 10.1. The first-order valence-corrected chi connectivity index (χ1v) is 11.0. The van der Waals surface area contributed by atoms with Crippen molar-refractivity contribution in [3.63, 3.8) is 0 Å². The van der Waals surface area contributed by atoms with Crippen molar-refractivity contribution in [1.82, 2.24) is 20.1 Å². The maximum absolute atomic E-state index is 13.2. The Morgan fingerprint density at radius 3 is 2.26 bits per heavy atom. The second-order valence-electron chi connectivity index (χ2n) is 7.63. The van der Waals surface area contributed by atoms with E-state index in [4.69, 9.17) is 4.42 Å². The van der Waals surface area contributed by atoms with Crippen LogP contribution in [0.15, 0.2) is 108 Å². The van der Waals surface area contributed by atoms with E-state index >= 15 is 0 Å². The second kappa shape index (κ2) is 9.88. The van der Waals surface area contributed by atoms with Gasteiger partial charge in [-0.1, -0.05) is 60.7 Å². The van der Waals surface area contributed by atoms with Crippen LogP contribution < -0.4 is 10.6 Å². The molecule has 0 unspecified atom stereocenters. The van der Waals surface area contributed by atoms with E-state index in [-0.39, 0.29) is 18.3 Å². The normalized spacial score (nSPS) is 10.6. The van der Waals surface area contributed by atoms with Gasteiger partial charge in [0.15, 0.2) is 5.82 Å². The van der Waals surface area contributed by atoms with Gasteiger partial charge in [0.2, 0.25) is 5.82 Å². The van der Waals surface area contributed by atoms with Gasteiger partial charge in [-0.15, -0.1) is 5.10 Å². The largest absolute Gasteiger partial charge is 0.467 e. The van der Waals surface area contributed by atoms with Gasteiger partial charge in [-0.25, -0.2) is 9.67 Å². The van der Waals surface area contributed by atoms with Crippen molar-refractivity contribution in [1.29, 1.82) is 0 Å². The van der Waals surface area contributed by atoms with Crippen LogP contribution in [0.1, 0.15) is 26.7 Å². The summed E-state index contributed by atoms with van der Waals surface area (Å²) in [7, 11) is 0. The Hall–Kier alpha value is -4.98. The Labute approximate surface area is 201 Å². The second-order valence-corrected chi connectivity index (χ2v) is 7.63. The Morgan fingerprint density at radius 2 is 1.51 bits per heavy atom. The van der Waals surface area contributed by atoms with Crippen LogP contribution in [0.25, 0.3) is 17.1 Å². The monoisotopic (exact) mass is 463 g/mol. The lowest BCUT2D eigenvalue weighted by Crippen LogP contribution is -2.25. The number of carbonyl (C=O) groups excluding carboxylic acids is 2. The number of nitrogens with zero attached hydrogens (tertiary/aromatic N) is 3. The van der Waals surface area contributed by atoms with Crippen LogP contribution in [-0.4, -0.2) is 26.6 Å². The molecule has 2 aromatic heterocycles. The molecule has 5 aromatic rings. The molecule has 0 radical (unpaired) electrons. The quantitative estimate of drug-likeness (QED) is 0.364. The third kappa shape index (κ3) is 4.86. The molecule has 0 atom stereocenters. The van der Waals surface area contributed by atoms with Crippen molar-refractivity contribution < 1.29 is 14.0 Å². The van der Waals surface area contributed by atoms with Crippen LogP contribution in [0.3, 0.4) is 0 Å². The molecule has 2 heterocycles. The molecule has 0 spiro atoms. The van der Waals surface area contributed by atoms with Crippen molar-refractivity contribution in [2.75, 3.05) is 5.32 Å². The van der Waals surface area contributed by atoms with Crippen LogP contribution in [-0.2, 0) is 6.54 Å². The third-order valence-electron chi connectivity index (χ3n) is 5.27. The van der Waals surface area contributed by atoms with E-state index < -0.39 is 5.91 Å². The SMILES string of the molecule is O=C(Nc1ccccc1C(=O)NCc1ccco1)c1nc(-c2ccccc2)n(-c2ccccc2)n1. The van der Waals surface area contributed by atoms with E-state index in [0.29, 0.717) is 22.8 Å². The Bertz CT molecular complexity index is 1390. The van der Waals surface area contributed by atoms with Gasteiger partial charge in [-0.2, -0.15) is 0 Å². The molecule has 172 valence electrons. The van der Waals surface area contributed by atoms with E-state index in [9.17, 15) is 9.59 Å². The molecule has 8 heteroatoms. The summed E-state index contributed by atoms with van der Waals surface area (Å²) >= 11 is 0. The fourth-order valence-corrected chi connectivity index (χ4v) is 3.58. The molecule has 8 nitrogen and oxygen atoms in total. The minimum absolute atomic E-state index is 0.0153. The van der Waals surface area contributed by atoms with E-state index in [1.54, 1.807) is 47.3 Å². The van der Waals surface area contributed by atoms with E-state index in [2.05, 4.69) is 20.7 Å². The lowest BCUT2D eigenvalue weighted by molar-refractivity contribution is 0.0949. The molecule has 2 amide bonds. The van der Waals surface area contributed by atoms with Gasteiger partial charge in [0, 0.05) is 5.56 Å². The topological polar surface area (TPSA) is 102 Å². The fraction of sp³-hybridized carbons (Fsp3) is 0.0370. The zero-order chi connectivity index (χ0) is 24.0. The van der Waals surface area contributed by atoms with Gasteiger partial charge in [-0.05, 0) is 36.4 Å². The van der Waals surface area contributed by atoms with Gasteiger partial charge < -0.3 is 15.1 Å². The van der Waals surface area contributed by atoms with Crippen LogP contribution in [0, 0.1) is 0 Å². The maximum atomic E-state index is 13.2. The van der Waals surface area contributed by atoms with Crippen molar-refractivity contribution in [3.05, 3.63) is 120 Å². The predicted octanol–water partition coefficient (Wildman–Crippen LogP) is 4.71. The molecule has 0 aliphatic carbocycles. The van der Waals surface area contributed by atoms with Crippen molar-refractivity contribution in [2.24, 2.45) is 0 Å². The number of hydrogen-bond acceptors (Lipinski definition) is 5. The van der Waals surface area contributed by atoms with Crippen LogP contribution >= 0.6 is 0 Å². The molecule has 0 bridgehead atoms. The highest BCUT2D eigenvalue weighted by molar-refractivity contribution is 6.07. The zero-order valence-corrected chi connectivity index (χ0v) is 18.6. The summed E-state index contributed by atoms with van der Waals surface area (Å²) in [6.45, 7) is 0.234. The highest BCUT2D eigenvalue weighted by Crippen LogP contribution is 2.22. The first-order chi connectivity index (χ1) is 17.2. The molecular formula is C27H21N5O3. The van der Waals surface area contributed by atoms with Gasteiger partial charge in [-0.3, -0.25) is 9.59 Å². The highest BCUT2D eigenvalue weighted by Gasteiger charge is 2.21. The molecule has 0 aliphatic heterocycles. The first-order valence-electron chi connectivity index (χ1n) is 11.0. The van der Waals surface area contributed by atoms with E-state index in [0.717, 1.165) is 11.3 Å². The minimum atomic E-state index is -0.525. The molecule has 0 aliphatic rings. The van der Waals surface area contributed by atoms with Crippen molar-refractivity contribution >= 4 is 17.5 Å². The number of nitrogens with one attached hydrogen (secondary N) is 2. The average molecular weight is 463 g/mol. The molecule has 0 fully saturated rings. The third-order valence-corrected chi connectivity index (χ3v) is 5.27. The summed E-state index contributed by atoms with van der Waals surface area (Å²) in [5, 5.41) is 10.1. The summed E-state index contributed by atoms with van der Waals surface area (Å²) in [4.78, 5) is 30.5. The van der Waals surface area contributed by atoms with Crippen LogP contribution in [0.4, 0.5) is 5.69 Å². The number of amides is 2. The lowest BCUT2D eigenvalue weighted by Gasteiger charge is -2.10. The summed E-state index contributed by atoms with van der Waals surface area (Å²) in [5.74, 6) is 0.280. The van der Waals surface area contributed by atoms with E-state index in [1.807, 2.05) is 60.7 Å². The number of furan rings is 1. The number of para-hydroxylation sites is 2. The number of benzene rings is 3.